The molecule has 1 unspecified atom stereocenters. The number of nitrogens with zero attached hydrogens (tertiary/aromatic N) is 1. The molecule has 1 aromatic carbocycles. The van der Waals surface area contributed by atoms with Crippen LogP contribution in [0.3, 0.4) is 0 Å². The van der Waals surface area contributed by atoms with Crippen molar-refractivity contribution >= 4 is 0 Å². The minimum absolute atomic E-state index is 0.592. The molecule has 0 aliphatic carbocycles. The fourth-order valence-corrected chi connectivity index (χ4v) is 2.58. The van der Waals surface area contributed by atoms with Gasteiger partial charge in [-0.05, 0) is 31.9 Å². The van der Waals surface area contributed by atoms with Crippen molar-refractivity contribution in [1.82, 2.24) is 4.90 Å². The van der Waals surface area contributed by atoms with Gasteiger partial charge in [-0.3, -0.25) is 4.90 Å². The Balaban J connectivity index is 2.02. The summed E-state index contributed by atoms with van der Waals surface area (Å²) < 4.78 is 0. The van der Waals surface area contributed by atoms with E-state index < -0.39 is 0 Å². The lowest BCUT2D eigenvalue weighted by atomic mass is 10.0. The summed E-state index contributed by atoms with van der Waals surface area (Å²) in [5, 5.41) is 0. The van der Waals surface area contributed by atoms with Crippen LogP contribution in [0.15, 0.2) is 24.3 Å². The average molecular weight is 218 g/mol. The molecule has 1 aromatic rings. The molecular formula is C14H22N2. The van der Waals surface area contributed by atoms with Crippen LogP contribution >= 0.6 is 0 Å². The van der Waals surface area contributed by atoms with Crippen LogP contribution in [0.4, 0.5) is 0 Å². The third-order valence-corrected chi connectivity index (χ3v) is 3.49. The van der Waals surface area contributed by atoms with Crippen LogP contribution in [0.5, 0.6) is 0 Å². The number of piperidine rings is 1. The minimum Gasteiger partial charge on any atom is -0.329 e. The van der Waals surface area contributed by atoms with E-state index in [1.54, 1.807) is 0 Å². The molecule has 16 heavy (non-hydrogen) atoms. The van der Waals surface area contributed by atoms with Crippen LogP contribution in [-0.2, 0) is 6.54 Å². The van der Waals surface area contributed by atoms with Gasteiger partial charge in [0.25, 0.3) is 0 Å². The normalized spacial score (nSPS) is 22.2. The highest BCUT2D eigenvalue weighted by atomic mass is 15.2. The van der Waals surface area contributed by atoms with Gasteiger partial charge in [0.2, 0.25) is 0 Å². The Morgan fingerprint density at radius 3 is 3.00 bits per heavy atom. The lowest BCUT2D eigenvalue weighted by Crippen LogP contribution is -2.43. The van der Waals surface area contributed by atoms with E-state index in [0.29, 0.717) is 6.04 Å². The number of rotatable bonds is 3. The molecule has 1 aliphatic heterocycles. The quantitative estimate of drug-likeness (QED) is 0.843. The number of nitrogens with two attached hydrogens (primary N) is 1. The predicted molar refractivity (Wildman–Crippen MR) is 68.3 cm³/mol. The van der Waals surface area contributed by atoms with E-state index in [4.69, 9.17) is 5.73 Å². The molecule has 0 amide bonds. The summed E-state index contributed by atoms with van der Waals surface area (Å²) in [6, 6.07) is 9.39. The Hall–Kier alpha value is -0.860. The summed E-state index contributed by atoms with van der Waals surface area (Å²) >= 11 is 0. The smallest absolute Gasteiger partial charge is 0.0237 e. The summed E-state index contributed by atoms with van der Waals surface area (Å²) in [6.45, 7) is 5.21. The van der Waals surface area contributed by atoms with Crippen molar-refractivity contribution in [2.75, 3.05) is 13.1 Å². The first-order chi connectivity index (χ1) is 7.79. The number of aryl methyl sites for hydroxylation is 1. The van der Waals surface area contributed by atoms with Crippen molar-refractivity contribution < 1.29 is 0 Å². The predicted octanol–water partition coefficient (Wildman–Crippen LogP) is 2.31. The molecule has 2 nitrogen and oxygen atoms in total. The molecule has 2 N–H and O–H groups in total. The van der Waals surface area contributed by atoms with E-state index in [-0.39, 0.29) is 0 Å². The molecule has 0 radical (unpaired) electrons. The average Bonchev–Trinajstić information content (AvgIpc) is 2.30. The van der Waals surface area contributed by atoms with Crippen LogP contribution in [0, 0.1) is 6.92 Å². The Kier molecular flexibility index (Phi) is 3.97. The second-order valence-electron chi connectivity index (χ2n) is 4.84. The van der Waals surface area contributed by atoms with E-state index in [2.05, 4.69) is 36.1 Å². The number of benzene rings is 1. The van der Waals surface area contributed by atoms with E-state index in [1.807, 2.05) is 0 Å². The molecular weight excluding hydrogens is 196 g/mol. The Morgan fingerprint density at radius 1 is 1.38 bits per heavy atom. The van der Waals surface area contributed by atoms with Gasteiger partial charge in [0, 0.05) is 19.1 Å². The largest absolute Gasteiger partial charge is 0.329 e. The first kappa shape index (κ1) is 11.6. The zero-order valence-corrected chi connectivity index (χ0v) is 10.2. The van der Waals surface area contributed by atoms with Gasteiger partial charge in [-0.2, -0.15) is 0 Å². The molecule has 1 saturated heterocycles. The number of likely N-dealkylation sites (tertiary alicyclic amines) is 1. The van der Waals surface area contributed by atoms with Gasteiger partial charge in [0.15, 0.2) is 0 Å². The van der Waals surface area contributed by atoms with Crippen molar-refractivity contribution in [3.63, 3.8) is 0 Å². The van der Waals surface area contributed by atoms with Gasteiger partial charge in [0.05, 0.1) is 0 Å². The second kappa shape index (κ2) is 5.46. The van der Waals surface area contributed by atoms with Crippen molar-refractivity contribution in [2.45, 2.75) is 38.8 Å². The SMILES string of the molecule is Cc1cccc(CN2CCCCC2CN)c1. The zero-order chi connectivity index (χ0) is 11.4. The van der Waals surface area contributed by atoms with Gasteiger partial charge < -0.3 is 5.73 Å². The third-order valence-electron chi connectivity index (χ3n) is 3.49. The van der Waals surface area contributed by atoms with Crippen molar-refractivity contribution in [3.8, 4) is 0 Å². The highest BCUT2D eigenvalue weighted by Crippen LogP contribution is 2.19. The number of hydrogen-bond donors (Lipinski definition) is 1. The standard InChI is InChI=1S/C14H22N2/c1-12-5-4-6-13(9-12)11-16-8-3-2-7-14(16)10-15/h4-6,9,14H,2-3,7-8,10-11,15H2,1H3. The van der Waals surface area contributed by atoms with Gasteiger partial charge in [-0.25, -0.2) is 0 Å². The fourth-order valence-electron chi connectivity index (χ4n) is 2.58. The highest BCUT2D eigenvalue weighted by molar-refractivity contribution is 5.22. The summed E-state index contributed by atoms with van der Waals surface area (Å²) in [6.07, 6.45) is 3.93. The first-order valence-corrected chi connectivity index (χ1v) is 6.29. The summed E-state index contributed by atoms with van der Waals surface area (Å²) in [7, 11) is 0. The van der Waals surface area contributed by atoms with Crippen molar-refractivity contribution in [1.29, 1.82) is 0 Å². The molecule has 1 heterocycles. The Morgan fingerprint density at radius 2 is 2.25 bits per heavy atom. The third kappa shape index (κ3) is 2.83. The molecule has 0 saturated carbocycles. The monoisotopic (exact) mass is 218 g/mol. The molecule has 1 aliphatic rings. The second-order valence-corrected chi connectivity index (χ2v) is 4.84. The van der Waals surface area contributed by atoms with Gasteiger partial charge >= 0.3 is 0 Å². The van der Waals surface area contributed by atoms with Gasteiger partial charge in [-0.1, -0.05) is 36.2 Å². The van der Waals surface area contributed by atoms with Crippen LogP contribution in [-0.4, -0.2) is 24.0 Å². The first-order valence-electron chi connectivity index (χ1n) is 6.29. The van der Waals surface area contributed by atoms with E-state index >= 15 is 0 Å². The van der Waals surface area contributed by atoms with Crippen molar-refractivity contribution in [3.05, 3.63) is 35.4 Å². The van der Waals surface area contributed by atoms with Crippen LogP contribution in [0.2, 0.25) is 0 Å². The Bertz CT molecular complexity index is 335. The molecule has 0 spiro atoms. The number of hydrogen-bond acceptors (Lipinski definition) is 2. The maximum Gasteiger partial charge on any atom is 0.0237 e. The van der Waals surface area contributed by atoms with E-state index in [9.17, 15) is 0 Å². The van der Waals surface area contributed by atoms with Crippen molar-refractivity contribution in [2.24, 2.45) is 5.73 Å². The fraction of sp³-hybridized carbons (Fsp3) is 0.571. The van der Waals surface area contributed by atoms with Gasteiger partial charge in [-0.15, -0.1) is 0 Å². The van der Waals surface area contributed by atoms with Crippen LogP contribution in [0.1, 0.15) is 30.4 Å². The molecule has 2 rings (SSSR count). The lowest BCUT2D eigenvalue weighted by Gasteiger charge is -2.35. The zero-order valence-electron chi connectivity index (χ0n) is 10.2. The molecule has 2 heteroatoms. The summed E-state index contributed by atoms with van der Waals surface area (Å²) in [5.41, 5.74) is 8.60. The molecule has 0 bridgehead atoms. The minimum atomic E-state index is 0.592. The lowest BCUT2D eigenvalue weighted by molar-refractivity contribution is 0.145. The van der Waals surface area contributed by atoms with Gasteiger partial charge in [0.1, 0.15) is 0 Å². The molecule has 1 fully saturated rings. The van der Waals surface area contributed by atoms with Crippen LogP contribution in [0.25, 0.3) is 0 Å². The maximum atomic E-state index is 5.84. The van der Waals surface area contributed by atoms with E-state index in [1.165, 1.54) is 36.9 Å². The maximum absolute atomic E-state index is 5.84. The molecule has 1 atom stereocenters. The van der Waals surface area contributed by atoms with Crippen LogP contribution < -0.4 is 5.73 Å². The summed E-state index contributed by atoms with van der Waals surface area (Å²) in [5.74, 6) is 0. The molecule has 88 valence electrons. The highest BCUT2D eigenvalue weighted by Gasteiger charge is 2.20. The summed E-state index contributed by atoms with van der Waals surface area (Å²) in [4.78, 5) is 2.54. The van der Waals surface area contributed by atoms with E-state index in [0.717, 1.165) is 13.1 Å². The molecule has 0 aromatic heterocycles. The topological polar surface area (TPSA) is 29.3 Å². The Labute approximate surface area is 98.4 Å².